The Balaban J connectivity index is 1.08. The highest BCUT2D eigenvalue weighted by atomic mass is 16.5. The molecule has 9 nitrogen and oxygen atoms in total. The van der Waals surface area contributed by atoms with E-state index in [1.807, 2.05) is 39.0 Å². The monoisotopic (exact) mass is 545 g/mol. The number of amides is 2. The van der Waals surface area contributed by atoms with E-state index < -0.39 is 6.03 Å². The maximum Gasteiger partial charge on any atom is 0.324 e. The minimum Gasteiger partial charge on any atom is -0.492 e. The van der Waals surface area contributed by atoms with Crippen molar-refractivity contribution in [2.75, 3.05) is 30.3 Å². The number of anilines is 2. The van der Waals surface area contributed by atoms with E-state index in [4.69, 9.17) is 9.26 Å². The standard InChI is InChI=1S/C31H39N5O4/c1-31(2,3)28-18-29(35-40-28)34-30(38)33-23-11-9-21(10-12-23)17-27(37)25-14-13-24(19-32-25)39-20-22-7-6-16-36-15-5-4-8-26(22)36/h9-14,18-19,22,26H,4-8,15-17,20H2,1-3H3,(H2,33,34,35,38)/t22-,26+/m1/s1. The predicted octanol–water partition coefficient (Wildman–Crippen LogP) is 6.08. The van der Waals surface area contributed by atoms with E-state index in [0.29, 0.717) is 47.3 Å². The molecule has 9 heteroatoms. The van der Waals surface area contributed by atoms with E-state index in [9.17, 15) is 9.59 Å². The van der Waals surface area contributed by atoms with Crippen molar-refractivity contribution in [3.63, 3.8) is 0 Å². The maximum atomic E-state index is 12.8. The highest BCUT2D eigenvalue weighted by molar-refractivity contribution is 5.99. The molecule has 2 saturated heterocycles. The SMILES string of the molecule is CC(C)(C)c1cc(NC(=O)Nc2ccc(CC(=O)c3ccc(OC[C@H]4CCCN5CCCC[C@@H]45)cn3)cc2)no1. The number of rotatable bonds is 8. The summed E-state index contributed by atoms with van der Waals surface area (Å²) in [6, 6.07) is 12.7. The normalized spacial score (nSPS) is 19.5. The first-order valence-corrected chi connectivity index (χ1v) is 14.2. The molecular weight excluding hydrogens is 506 g/mol. The topological polar surface area (TPSA) is 110 Å². The Kier molecular flexibility index (Phi) is 8.49. The highest BCUT2D eigenvalue weighted by Crippen LogP contribution is 2.31. The van der Waals surface area contributed by atoms with Crippen LogP contribution in [-0.2, 0) is 11.8 Å². The van der Waals surface area contributed by atoms with Crippen molar-refractivity contribution >= 4 is 23.3 Å². The van der Waals surface area contributed by atoms with E-state index in [0.717, 1.165) is 5.56 Å². The molecule has 2 fully saturated rings. The number of piperidine rings is 2. The summed E-state index contributed by atoms with van der Waals surface area (Å²) in [5.74, 6) is 2.22. The molecule has 40 heavy (non-hydrogen) atoms. The molecule has 2 aromatic heterocycles. The molecule has 4 heterocycles. The van der Waals surface area contributed by atoms with Crippen LogP contribution in [-0.4, -0.2) is 52.6 Å². The molecule has 2 atom stereocenters. The van der Waals surface area contributed by atoms with Gasteiger partial charge in [0.25, 0.3) is 0 Å². The number of urea groups is 1. The lowest BCUT2D eigenvalue weighted by atomic mass is 9.84. The van der Waals surface area contributed by atoms with Crippen molar-refractivity contribution in [3.8, 4) is 5.75 Å². The molecule has 3 aromatic rings. The number of nitrogens with one attached hydrogen (secondary N) is 2. The van der Waals surface area contributed by atoms with Crippen molar-refractivity contribution in [2.45, 2.75) is 70.8 Å². The minimum absolute atomic E-state index is 0.0733. The Morgan fingerprint density at radius 2 is 1.82 bits per heavy atom. The number of hydrogen-bond acceptors (Lipinski definition) is 7. The quantitative estimate of drug-likeness (QED) is 0.330. The zero-order valence-corrected chi connectivity index (χ0v) is 23.6. The number of aromatic nitrogens is 2. The molecule has 2 amide bonds. The summed E-state index contributed by atoms with van der Waals surface area (Å²) in [4.78, 5) is 32.2. The van der Waals surface area contributed by atoms with Gasteiger partial charge < -0.3 is 14.6 Å². The first-order valence-electron chi connectivity index (χ1n) is 14.2. The third-order valence-electron chi connectivity index (χ3n) is 7.78. The number of ketones is 1. The Morgan fingerprint density at radius 3 is 2.55 bits per heavy atom. The zero-order valence-electron chi connectivity index (χ0n) is 23.6. The van der Waals surface area contributed by atoms with E-state index in [1.165, 1.54) is 45.2 Å². The lowest BCUT2D eigenvalue weighted by molar-refractivity contribution is 0.0365. The molecule has 0 aliphatic carbocycles. The maximum absolute atomic E-state index is 12.8. The third-order valence-corrected chi connectivity index (χ3v) is 7.78. The number of nitrogens with zero attached hydrogens (tertiary/aromatic N) is 3. The molecular formula is C31H39N5O4. The summed E-state index contributed by atoms with van der Waals surface area (Å²) in [5, 5.41) is 9.32. The van der Waals surface area contributed by atoms with Gasteiger partial charge >= 0.3 is 6.03 Å². The van der Waals surface area contributed by atoms with Gasteiger partial charge in [-0.25, -0.2) is 9.78 Å². The summed E-state index contributed by atoms with van der Waals surface area (Å²) in [5.41, 5.74) is 1.64. The summed E-state index contributed by atoms with van der Waals surface area (Å²) in [6.45, 7) is 9.15. The van der Waals surface area contributed by atoms with E-state index in [2.05, 4.69) is 25.7 Å². The predicted molar refractivity (Wildman–Crippen MR) is 154 cm³/mol. The second-order valence-corrected chi connectivity index (χ2v) is 11.9. The van der Waals surface area contributed by atoms with Crippen molar-refractivity contribution < 1.29 is 18.8 Å². The number of Topliss-reactive ketones (excluding diaryl/α,β-unsaturated/α-hetero) is 1. The Hall–Kier alpha value is -3.72. The van der Waals surface area contributed by atoms with Crippen LogP contribution in [0.15, 0.2) is 53.2 Å². The van der Waals surface area contributed by atoms with Crippen molar-refractivity contribution in [1.82, 2.24) is 15.0 Å². The number of fused-ring (bicyclic) bond motifs is 1. The summed E-state index contributed by atoms with van der Waals surface area (Å²) in [6.07, 6.45) is 8.21. The minimum atomic E-state index is -0.427. The van der Waals surface area contributed by atoms with Crippen LogP contribution in [0, 0.1) is 5.92 Å². The summed E-state index contributed by atoms with van der Waals surface area (Å²) < 4.78 is 11.4. The number of carbonyl (C=O) groups is 2. The van der Waals surface area contributed by atoms with Gasteiger partial charge in [-0.05, 0) is 68.6 Å². The van der Waals surface area contributed by atoms with Gasteiger partial charge in [0.15, 0.2) is 11.6 Å². The Labute approximate surface area is 235 Å². The first-order chi connectivity index (χ1) is 19.2. The number of hydrogen-bond donors (Lipinski definition) is 2. The van der Waals surface area contributed by atoms with Crippen LogP contribution in [0.4, 0.5) is 16.3 Å². The smallest absolute Gasteiger partial charge is 0.324 e. The van der Waals surface area contributed by atoms with Crippen molar-refractivity contribution in [1.29, 1.82) is 0 Å². The van der Waals surface area contributed by atoms with Crippen LogP contribution < -0.4 is 15.4 Å². The van der Waals surface area contributed by atoms with Crippen molar-refractivity contribution in [3.05, 3.63) is 65.7 Å². The molecule has 0 bridgehead atoms. The van der Waals surface area contributed by atoms with E-state index in [-0.39, 0.29) is 17.6 Å². The van der Waals surface area contributed by atoms with Crippen LogP contribution in [0.1, 0.15) is 74.7 Å². The van der Waals surface area contributed by atoms with Gasteiger partial charge in [0.1, 0.15) is 17.2 Å². The lowest BCUT2D eigenvalue weighted by Gasteiger charge is -2.44. The molecule has 0 radical (unpaired) electrons. The molecule has 212 valence electrons. The molecule has 0 spiro atoms. The summed E-state index contributed by atoms with van der Waals surface area (Å²) >= 11 is 0. The van der Waals surface area contributed by atoms with Gasteiger partial charge in [-0.2, -0.15) is 0 Å². The number of pyridine rings is 1. The highest BCUT2D eigenvalue weighted by Gasteiger charge is 2.33. The van der Waals surface area contributed by atoms with Gasteiger partial charge in [-0.3, -0.25) is 15.0 Å². The number of carbonyl (C=O) groups excluding carboxylic acids is 2. The average molecular weight is 546 g/mol. The lowest BCUT2D eigenvalue weighted by Crippen LogP contribution is -2.49. The van der Waals surface area contributed by atoms with Crippen LogP contribution in [0.5, 0.6) is 5.75 Å². The fourth-order valence-electron chi connectivity index (χ4n) is 5.55. The van der Waals surface area contributed by atoms with Gasteiger partial charge in [0, 0.05) is 35.5 Å². The van der Waals surface area contributed by atoms with Crippen LogP contribution >= 0.6 is 0 Å². The molecule has 0 unspecified atom stereocenters. The zero-order chi connectivity index (χ0) is 28.1. The molecule has 2 aliphatic rings. The second kappa shape index (κ2) is 12.2. The molecule has 2 aliphatic heterocycles. The van der Waals surface area contributed by atoms with Crippen LogP contribution in [0.2, 0.25) is 0 Å². The number of ether oxygens (including phenoxy) is 1. The van der Waals surface area contributed by atoms with Gasteiger partial charge in [0.2, 0.25) is 0 Å². The molecule has 2 N–H and O–H groups in total. The van der Waals surface area contributed by atoms with Gasteiger partial charge in [0.05, 0.1) is 12.8 Å². The van der Waals surface area contributed by atoms with Crippen LogP contribution in [0.3, 0.4) is 0 Å². The summed E-state index contributed by atoms with van der Waals surface area (Å²) in [7, 11) is 0. The van der Waals surface area contributed by atoms with E-state index in [1.54, 1.807) is 30.5 Å². The second-order valence-electron chi connectivity index (χ2n) is 11.9. The molecule has 1 aromatic carbocycles. The first kappa shape index (κ1) is 27.8. The molecule has 5 rings (SSSR count). The fraction of sp³-hybridized carbons (Fsp3) is 0.484. The van der Waals surface area contributed by atoms with E-state index >= 15 is 0 Å². The third kappa shape index (κ3) is 7.07. The van der Waals surface area contributed by atoms with Crippen LogP contribution in [0.25, 0.3) is 0 Å². The largest absolute Gasteiger partial charge is 0.492 e. The van der Waals surface area contributed by atoms with Gasteiger partial charge in [-0.1, -0.05) is 44.5 Å². The molecule has 0 saturated carbocycles. The van der Waals surface area contributed by atoms with Crippen molar-refractivity contribution in [2.24, 2.45) is 5.92 Å². The fourth-order valence-corrected chi connectivity index (χ4v) is 5.55. The average Bonchev–Trinajstić information content (AvgIpc) is 3.42. The Morgan fingerprint density at radius 1 is 1.02 bits per heavy atom. The number of benzene rings is 1. The van der Waals surface area contributed by atoms with Gasteiger partial charge in [-0.15, -0.1) is 0 Å². The Bertz CT molecular complexity index is 1290.